The normalized spacial score (nSPS) is 25.6. The molecule has 0 aromatic carbocycles. The van der Waals surface area contributed by atoms with Crippen molar-refractivity contribution in [2.75, 3.05) is 6.61 Å². The minimum absolute atomic E-state index is 0.102. The average molecular weight is 587 g/mol. The number of carbonyl (C=O) groups is 3. The van der Waals surface area contributed by atoms with Crippen LogP contribution < -0.4 is 11.2 Å². The number of thioether (sulfide) groups is 1. The molecule has 0 saturated heterocycles. The van der Waals surface area contributed by atoms with Crippen molar-refractivity contribution in [3.8, 4) is 0 Å². The quantitative estimate of drug-likeness (QED) is 0.265. The van der Waals surface area contributed by atoms with E-state index < -0.39 is 34.7 Å². The lowest BCUT2D eigenvalue weighted by atomic mass is 9.89. The lowest BCUT2D eigenvalue weighted by Gasteiger charge is -2.27. The standard InChI is InChI=1S/C30H38N2O8S/c33-23-16-17-32(30(37)31-23)26-25(40-29(36)21-14-8-3-9-15-21)24(39-28(35)20-12-6-2-7-13-20)22(41-26)18-38-27(34)19-10-4-1-5-11-19/h3,8,16-17,19-21,25-26H,1-2,4-7,9-15,18H2,(H,31,33,37)/t21?,25?,26-/m1/s1. The molecule has 41 heavy (non-hydrogen) atoms. The molecule has 0 amide bonds. The zero-order chi connectivity index (χ0) is 28.8. The van der Waals surface area contributed by atoms with E-state index in [0.717, 1.165) is 69.5 Å². The van der Waals surface area contributed by atoms with E-state index in [1.165, 1.54) is 16.8 Å². The molecule has 1 N–H and O–H groups in total. The fourth-order valence-electron chi connectivity index (χ4n) is 6.07. The molecule has 1 aromatic rings. The van der Waals surface area contributed by atoms with Crippen LogP contribution in [0.25, 0.3) is 0 Å². The Kier molecular flexibility index (Phi) is 9.84. The van der Waals surface area contributed by atoms with Crippen LogP contribution in [-0.4, -0.2) is 40.2 Å². The van der Waals surface area contributed by atoms with E-state index >= 15 is 0 Å². The van der Waals surface area contributed by atoms with Crippen LogP contribution in [0.4, 0.5) is 0 Å². The van der Waals surface area contributed by atoms with Gasteiger partial charge in [0.05, 0.1) is 22.7 Å². The summed E-state index contributed by atoms with van der Waals surface area (Å²) in [6, 6.07) is 1.21. The Bertz CT molecular complexity index is 1300. The predicted octanol–water partition coefficient (Wildman–Crippen LogP) is 4.51. The van der Waals surface area contributed by atoms with Gasteiger partial charge in [-0.25, -0.2) is 4.79 Å². The molecule has 3 aliphatic carbocycles. The minimum Gasteiger partial charge on any atom is -0.460 e. The van der Waals surface area contributed by atoms with E-state index in [1.54, 1.807) is 0 Å². The van der Waals surface area contributed by atoms with Crippen molar-refractivity contribution >= 4 is 29.7 Å². The van der Waals surface area contributed by atoms with Crippen LogP contribution in [-0.2, 0) is 28.6 Å². The number of H-pyrrole nitrogens is 1. The maximum atomic E-state index is 13.3. The first-order chi connectivity index (χ1) is 19.9. The van der Waals surface area contributed by atoms with Crippen molar-refractivity contribution in [2.24, 2.45) is 17.8 Å². The van der Waals surface area contributed by atoms with Crippen LogP contribution in [0.3, 0.4) is 0 Å². The highest BCUT2D eigenvalue weighted by Crippen LogP contribution is 2.47. The van der Waals surface area contributed by atoms with Gasteiger partial charge in [0, 0.05) is 12.3 Å². The number of aromatic nitrogens is 2. The Morgan fingerprint density at radius 1 is 0.854 bits per heavy atom. The van der Waals surface area contributed by atoms with Gasteiger partial charge in [-0.3, -0.25) is 28.7 Å². The summed E-state index contributed by atoms with van der Waals surface area (Å²) in [5.41, 5.74) is -1.25. The molecule has 0 bridgehead atoms. The summed E-state index contributed by atoms with van der Waals surface area (Å²) in [4.78, 5) is 66.9. The number of carbonyl (C=O) groups excluding carboxylic acids is 3. The van der Waals surface area contributed by atoms with Crippen LogP contribution in [0, 0.1) is 17.8 Å². The van der Waals surface area contributed by atoms with Gasteiger partial charge in [-0.1, -0.05) is 62.4 Å². The largest absolute Gasteiger partial charge is 0.460 e. The van der Waals surface area contributed by atoms with Crippen LogP contribution in [0.15, 0.2) is 44.7 Å². The van der Waals surface area contributed by atoms with Crippen LogP contribution >= 0.6 is 11.8 Å². The molecule has 1 aromatic heterocycles. The minimum atomic E-state index is -1.13. The van der Waals surface area contributed by atoms with E-state index in [0.29, 0.717) is 30.6 Å². The second-order valence-corrected chi connectivity index (χ2v) is 12.6. The highest BCUT2D eigenvalue weighted by Gasteiger charge is 2.45. The van der Waals surface area contributed by atoms with Gasteiger partial charge in [0.15, 0.2) is 11.9 Å². The van der Waals surface area contributed by atoms with Crippen molar-refractivity contribution in [3.05, 3.63) is 55.9 Å². The highest BCUT2D eigenvalue weighted by atomic mass is 32.2. The summed E-state index contributed by atoms with van der Waals surface area (Å²) in [5.74, 6) is -1.87. The van der Waals surface area contributed by atoms with Crippen LogP contribution in [0.1, 0.15) is 88.8 Å². The fourth-order valence-corrected chi connectivity index (χ4v) is 7.34. The molecule has 2 unspecified atom stereocenters. The summed E-state index contributed by atoms with van der Waals surface area (Å²) in [5, 5.41) is -0.861. The summed E-state index contributed by atoms with van der Waals surface area (Å²) in [6.07, 6.45) is 15.1. The van der Waals surface area contributed by atoms with Gasteiger partial charge in [-0.05, 0) is 44.9 Å². The third kappa shape index (κ3) is 7.23. The molecule has 10 nitrogen and oxygen atoms in total. The Hall–Kier alpha value is -3.08. The number of nitrogens with one attached hydrogen (secondary N) is 1. The van der Waals surface area contributed by atoms with Crippen molar-refractivity contribution in [1.29, 1.82) is 0 Å². The molecule has 2 heterocycles. The molecule has 4 aliphatic rings. The van der Waals surface area contributed by atoms with Crippen molar-refractivity contribution in [1.82, 2.24) is 9.55 Å². The Morgan fingerprint density at radius 3 is 2.17 bits per heavy atom. The van der Waals surface area contributed by atoms with Crippen molar-refractivity contribution < 1.29 is 28.6 Å². The number of nitrogens with zero attached hydrogens (tertiary/aromatic N) is 1. The first kappa shape index (κ1) is 29.4. The molecular formula is C30H38N2O8S. The smallest absolute Gasteiger partial charge is 0.329 e. The van der Waals surface area contributed by atoms with E-state index in [2.05, 4.69) is 4.98 Å². The fraction of sp³-hybridized carbons (Fsp3) is 0.633. The molecule has 5 rings (SSSR count). The lowest BCUT2D eigenvalue weighted by Crippen LogP contribution is -2.37. The average Bonchev–Trinajstić information content (AvgIpc) is 3.33. The number of allylic oxidation sites excluding steroid dienone is 2. The second-order valence-electron chi connectivity index (χ2n) is 11.4. The van der Waals surface area contributed by atoms with E-state index in [9.17, 15) is 24.0 Å². The van der Waals surface area contributed by atoms with Gasteiger partial charge in [0.25, 0.3) is 5.56 Å². The summed E-state index contributed by atoms with van der Waals surface area (Å²) < 4.78 is 19.0. The molecule has 222 valence electrons. The molecule has 1 aliphatic heterocycles. The van der Waals surface area contributed by atoms with Gasteiger partial charge in [0.1, 0.15) is 12.0 Å². The number of hydrogen-bond acceptors (Lipinski definition) is 9. The van der Waals surface area contributed by atoms with Gasteiger partial charge in [-0.15, -0.1) is 0 Å². The van der Waals surface area contributed by atoms with Gasteiger partial charge >= 0.3 is 23.6 Å². The molecule has 2 saturated carbocycles. The van der Waals surface area contributed by atoms with Crippen LogP contribution in [0.5, 0.6) is 0 Å². The number of aromatic amines is 1. The van der Waals surface area contributed by atoms with Gasteiger partial charge in [0.2, 0.25) is 0 Å². The zero-order valence-electron chi connectivity index (χ0n) is 23.2. The van der Waals surface area contributed by atoms with E-state index in [4.69, 9.17) is 14.2 Å². The number of esters is 3. The second kappa shape index (κ2) is 13.7. The van der Waals surface area contributed by atoms with Gasteiger partial charge < -0.3 is 14.2 Å². The third-order valence-corrected chi connectivity index (χ3v) is 9.78. The van der Waals surface area contributed by atoms with Gasteiger partial charge in [-0.2, -0.15) is 0 Å². The molecule has 11 heteroatoms. The van der Waals surface area contributed by atoms with Crippen LogP contribution in [0.2, 0.25) is 0 Å². The van der Waals surface area contributed by atoms with E-state index in [1.807, 2.05) is 12.2 Å². The summed E-state index contributed by atoms with van der Waals surface area (Å²) >= 11 is 1.14. The number of rotatable bonds is 8. The molecule has 3 atom stereocenters. The number of hydrogen-bond donors (Lipinski definition) is 1. The topological polar surface area (TPSA) is 134 Å². The maximum absolute atomic E-state index is 13.3. The monoisotopic (exact) mass is 586 g/mol. The first-order valence-corrected chi connectivity index (χ1v) is 15.7. The predicted molar refractivity (Wildman–Crippen MR) is 152 cm³/mol. The first-order valence-electron chi connectivity index (χ1n) is 14.9. The SMILES string of the molecule is O=C(OCC1=C(OC(=O)C2CCCCC2)C(OC(=O)C2CC=CCC2)[C@H](n2ccc(=O)[nH]c2=O)S1)C1CCCCC1. The maximum Gasteiger partial charge on any atom is 0.329 e. The van der Waals surface area contributed by atoms with Crippen molar-refractivity contribution in [2.45, 2.75) is 94.9 Å². The highest BCUT2D eigenvalue weighted by molar-refractivity contribution is 8.03. The number of ether oxygens (including phenoxy) is 3. The zero-order valence-corrected chi connectivity index (χ0v) is 24.0. The Balaban J connectivity index is 1.45. The van der Waals surface area contributed by atoms with E-state index in [-0.39, 0.29) is 36.1 Å². The lowest BCUT2D eigenvalue weighted by molar-refractivity contribution is -0.159. The Labute approximate surface area is 242 Å². The molecule has 0 radical (unpaired) electrons. The molecule has 0 spiro atoms. The summed E-state index contributed by atoms with van der Waals surface area (Å²) in [6.45, 7) is -0.165. The Morgan fingerprint density at radius 2 is 1.54 bits per heavy atom. The third-order valence-electron chi connectivity index (χ3n) is 8.46. The summed E-state index contributed by atoms with van der Waals surface area (Å²) in [7, 11) is 0. The molecule has 2 fully saturated rings. The van der Waals surface area contributed by atoms with Crippen molar-refractivity contribution in [3.63, 3.8) is 0 Å². The molecular weight excluding hydrogens is 548 g/mol.